The molecule has 0 radical (unpaired) electrons. The molecular formula is C26H32N2O4S. The van der Waals surface area contributed by atoms with Gasteiger partial charge >= 0.3 is 0 Å². The summed E-state index contributed by atoms with van der Waals surface area (Å²) in [6.45, 7) is 8.09. The van der Waals surface area contributed by atoms with Gasteiger partial charge in [-0.15, -0.1) is 24.3 Å². The Morgan fingerprint density at radius 3 is 3.09 bits per heavy atom. The Bertz CT molecular complexity index is 967. The Hall–Kier alpha value is -2.63. The van der Waals surface area contributed by atoms with E-state index in [9.17, 15) is 9.90 Å². The topological polar surface area (TPSA) is 62.2 Å². The first kappa shape index (κ1) is 25.0. The lowest BCUT2D eigenvalue weighted by molar-refractivity contribution is -0.136. The lowest BCUT2D eigenvalue weighted by Crippen LogP contribution is -2.48. The van der Waals surface area contributed by atoms with Crippen molar-refractivity contribution in [2.24, 2.45) is 0 Å². The van der Waals surface area contributed by atoms with Gasteiger partial charge in [-0.1, -0.05) is 24.1 Å². The molecule has 0 aliphatic carbocycles. The van der Waals surface area contributed by atoms with Crippen LogP contribution in [0.15, 0.2) is 48.4 Å². The molecule has 0 saturated carbocycles. The number of aryl methyl sites for hydroxylation is 1. The highest BCUT2D eigenvalue weighted by Crippen LogP contribution is 2.34. The van der Waals surface area contributed by atoms with E-state index in [-0.39, 0.29) is 31.7 Å². The molecule has 176 valence electrons. The van der Waals surface area contributed by atoms with Crippen LogP contribution in [-0.4, -0.2) is 72.9 Å². The van der Waals surface area contributed by atoms with Crippen LogP contribution >= 0.6 is 11.3 Å². The number of fused-ring (bicyclic) bond motifs is 1. The Balaban J connectivity index is 1.68. The number of thiophene rings is 1. The molecule has 0 saturated heterocycles. The molecule has 1 aromatic heterocycles. The van der Waals surface area contributed by atoms with Gasteiger partial charge in [0, 0.05) is 24.5 Å². The molecule has 1 N–H and O–H groups in total. The van der Waals surface area contributed by atoms with E-state index in [1.54, 1.807) is 17.4 Å². The second-order valence-corrected chi connectivity index (χ2v) is 9.14. The smallest absolute Gasteiger partial charge is 0.237 e. The van der Waals surface area contributed by atoms with E-state index >= 15 is 0 Å². The minimum atomic E-state index is -0.739. The van der Waals surface area contributed by atoms with E-state index in [1.165, 1.54) is 4.88 Å². The molecule has 1 aliphatic rings. The SMILES string of the molecule is C#CCOC[C@@H](O)CN(CC=C)CC(=O)N1CCc2sccc2[C@H]1COc1cccc(C)c1. The Morgan fingerprint density at radius 1 is 1.48 bits per heavy atom. The number of amides is 1. The molecular weight excluding hydrogens is 436 g/mol. The van der Waals surface area contributed by atoms with Crippen molar-refractivity contribution in [3.8, 4) is 18.1 Å². The highest BCUT2D eigenvalue weighted by atomic mass is 32.1. The van der Waals surface area contributed by atoms with Gasteiger partial charge < -0.3 is 19.5 Å². The minimum Gasteiger partial charge on any atom is -0.491 e. The van der Waals surface area contributed by atoms with Crippen molar-refractivity contribution in [2.45, 2.75) is 25.5 Å². The quantitative estimate of drug-likeness (QED) is 0.295. The maximum absolute atomic E-state index is 13.4. The number of rotatable bonds is 12. The number of aliphatic hydroxyl groups is 1. The van der Waals surface area contributed by atoms with Gasteiger partial charge in [0.15, 0.2) is 0 Å². The largest absolute Gasteiger partial charge is 0.491 e. The molecule has 2 aromatic rings. The van der Waals surface area contributed by atoms with Crippen LogP contribution in [0.4, 0.5) is 0 Å². The first-order valence-corrected chi connectivity index (χ1v) is 12.0. The number of hydrogen-bond acceptors (Lipinski definition) is 6. The zero-order chi connectivity index (χ0) is 23.6. The first-order chi connectivity index (χ1) is 16.0. The summed E-state index contributed by atoms with van der Waals surface area (Å²) in [6.07, 6.45) is 7.01. The first-order valence-electron chi connectivity index (χ1n) is 11.1. The monoisotopic (exact) mass is 468 g/mol. The van der Waals surface area contributed by atoms with Crippen molar-refractivity contribution in [3.63, 3.8) is 0 Å². The Kier molecular flexibility index (Phi) is 9.52. The number of hydrogen-bond donors (Lipinski definition) is 1. The van der Waals surface area contributed by atoms with Gasteiger partial charge in [0.2, 0.25) is 5.91 Å². The summed E-state index contributed by atoms with van der Waals surface area (Å²) in [7, 11) is 0. The average molecular weight is 469 g/mol. The normalized spacial score (nSPS) is 16.2. The zero-order valence-electron chi connectivity index (χ0n) is 19.1. The fraction of sp³-hybridized carbons (Fsp3) is 0.423. The van der Waals surface area contributed by atoms with Crippen molar-refractivity contribution < 1.29 is 19.4 Å². The van der Waals surface area contributed by atoms with E-state index in [0.717, 1.165) is 23.3 Å². The number of aliphatic hydroxyl groups excluding tert-OH is 1. The summed E-state index contributed by atoms with van der Waals surface area (Å²) in [4.78, 5) is 18.5. The number of carbonyl (C=O) groups excluding carboxylic acids is 1. The maximum Gasteiger partial charge on any atom is 0.237 e. The van der Waals surface area contributed by atoms with Gasteiger partial charge in [-0.05, 0) is 48.1 Å². The molecule has 0 bridgehead atoms. The Labute approximate surface area is 200 Å². The molecule has 0 spiro atoms. The van der Waals surface area contributed by atoms with Gasteiger partial charge in [-0.3, -0.25) is 9.69 Å². The number of benzene rings is 1. The molecule has 1 amide bonds. The number of carbonyl (C=O) groups is 1. The predicted molar refractivity (Wildman–Crippen MR) is 131 cm³/mol. The van der Waals surface area contributed by atoms with E-state index in [1.807, 2.05) is 41.0 Å². The van der Waals surface area contributed by atoms with Crippen LogP contribution < -0.4 is 4.74 Å². The van der Waals surface area contributed by atoms with E-state index < -0.39 is 6.10 Å². The standard InChI is InChI=1S/C26H32N2O4S/c1-4-11-27(16-21(29)18-31-13-5-2)17-26(30)28-12-9-25-23(10-14-33-25)24(28)19-32-22-8-6-7-20(3)15-22/h2,4,6-8,10,14-15,21,24,29H,1,9,11-13,16-19H2,3H3/t21-,24+/m0/s1. The summed E-state index contributed by atoms with van der Waals surface area (Å²) in [5, 5.41) is 12.3. The van der Waals surface area contributed by atoms with Crippen LogP contribution in [0.2, 0.25) is 0 Å². The van der Waals surface area contributed by atoms with E-state index in [4.69, 9.17) is 15.9 Å². The van der Waals surface area contributed by atoms with Crippen LogP contribution in [0.1, 0.15) is 22.0 Å². The van der Waals surface area contributed by atoms with Gasteiger partial charge in [0.1, 0.15) is 19.0 Å². The fourth-order valence-electron chi connectivity index (χ4n) is 4.03. The van der Waals surface area contributed by atoms with E-state index in [0.29, 0.717) is 26.2 Å². The summed E-state index contributed by atoms with van der Waals surface area (Å²) in [5.74, 6) is 3.18. The van der Waals surface area contributed by atoms with Crippen molar-refractivity contribution in [1.82, 2.24) is 9.80 Å². The molecule has 33 heavy (non-hydrogen) atoms. The highest BCUT2D eigenvalue weighted by Gasteiger charge is 2.33. The predicted octanol–water partition coefficient (Wildman–Crippen LogP) is 3.06. The molecule has 2 atom stereocenters. The molecule has 3 rings (SSSR count). The van der Waals surface area contributed by atoms with Crippen molar-refractivity contribution in [3.05, 3.63) is 64.4 Å². The third-order valence-corrected chi connectivity index (χ3v) is 6.52. The molecule has 1 aromatic carbocycles. The van der Waals surface area contributed by atoms with E-state index in [2.05, 4.69) is 23.9 Å². The molecule has 0 fully saturated rings. The lowest BCUT2D eigenvalue weighted by Gasteiger charge is -2.37. The Morgan fingerprint density at radius 2 is 2.33 bits per heavy atom. The lowest BCUT2D eigenvalue weighted by atomic mass is 10.0. The molecule has 7 heteroatoms. The molecule has 1 aliphatic heterocycles. The van der Waals surface area contributed by atoms with Crippen LogP contribution in [0.25, 0.3) is 0 Å². The zero-order valence-corrected chi connectivity index (χ0v) is 19.9. The third kappa shape index (κ3) is 7.18. The summed E-state index contributed by atoms with van der Waals surface area (Å²) < 4.78 is 11.3. The minimum absolute atomic E-state index is 0.00304. The number of nitrogens with zero attached hydrogens (tertiary/aromatic N) is 2. The molecule has 0 unspecified atom stereocenters. The number of ether oxygens (including phenoxy) is 2. The average Bonchev–Trinajstić information content (AvgIpc) is 3.27. The maximum atomic E-state index is 13.4. The van der Waals surface area contributed by atoms with Gasteiger partial charge in [-0.2, -0.15) is 0 Å². The van der Waals surface area contributed by atoms with Crippen LogP contribution in [-0.2, 0) is 16.0 Å². The molecule has 2 heterocycles. The molecule has 6 nitrogen and oxygen atoms in total. The van der Waals surface area contributed by atoms with Crippen molar-refractivity contribution in [2.75, 3.05) is 46.0 Å². The fourth-order valence-corrected chi connectivity index (χ4v) is 4.96. The van der Waals surface area contributed by atoms with Crippen LogP contribution in [0.3, 0.4) is 0 Å². The summed E-state index contributed by atoms with van der Waals surface area (Å²) >= 11 is 1.73. The second-order valence-electron chi connectivity index (χ2n) is 8.14. The van der Waals surface area contributed by atoms with Crippen LogP contribution in [0.5, 0.6) is 5.75 Å². The summed E-state index contributed by atoms with van der Waals surface area (Å²) in [5.41, 5.74) is 2.29. The van der Waals surface area contributed by atoms with Gasteiger partial charge in [0.05, 0.1) is 25.3 Å². The highest BCUT2D eigenvalue weighted by molar-refractivity contribution is 7.10. The third-order valence-electron chi connectivity index (χ3n) is 5.52. The van der Waals surface area contributed by atoms with Crippen LogP contribution in [0, 0.1) is 19.3 Å². The van der Waals surface area contributed by atoms with Gasteiger partial charge in [0.25, 0.3) is 0 Å². The van der Waals surface area contributed by atoms with Crippen molar-refractivity contribution >= 4 is 17.2 Å². The number of terminal acetylenes is 1. The van der Waals surface area contributed by atoms with Gasteiger partial charge in [-0.25, -0.2) is 0 Å². The van der Waals surface area contributed by atoms with Crippen molar-refractivity contribution in [1.29, 1.82) is 0 Å². The summed E-state index contributed by atoms with van der Waals surface area (Å²) in [6, 6.07) is 9.88. The second kappa shape index (κ2) is 12.6.